The summed E-state index contributed by atoms with van der Waals surface area (Å²) in [5.74, 6) is 2.84. The second-order valence-electron chi connectivity index (χ2n) is 15.2. The van der Waals surface area contributed by atoms with Gasteiger partial charge in [-0.25, -0.2) is 16.8 Å². The van der Waals surface area contributed by atoms with Gasteiger partial charge < -0.3 is 29.0 Å². The highest BCUT2D eigenvalue weighted by molar-refractivity contribution is 7.89. The van der Waals surface area contributed by atoms with Crippen molar-refractivity contribution in [1.29, 1.82) is 0 Å². The predicted molar refractivity (Wildman–Crippen MR) is 244 cm³/mol. The molecule has 0 unspecified atom stereocenters. The molecule has 0 spiro atoms. The van der Waals surface area contributed by atoms with Crippen molar-refractivity contribution in [3.8, 4) is 23.0 Å². The molecule has 0 aliphatic carbocycles. The van der Waals surface area contributed by atoms with E-state index in [1.54, 1.807) is 77.5 Å². The fraction of sp³-hybridized carbons (Fsp3) is 0.348. The van der Waals surface area contributed by atoms with Gasteiger partial charge in [-0.1, -0.05) is 48.5 Å². The molecule has 2 aromatic heterocycles. The second kappa shape index (κ2) is 22.7. The number of benzene rings is 4. The Kier molecular flexibility index (Phi) is 17.5. The summed E-state index contributed by atoms with van der Waals surface area (Å²) < 4.78 is 81.2. The summed E-state index contributed by atoms with van der Waals surface area (Å²) in [5.41, 5.74) is 4.88. The molecular formula is C46H59N7O9S2. The first-order valence-corrected chi connectivity index (χ1v) is 23.3. The van der Waals surface area contributed by atoms with Crippen molar-refractivity contribution in [3.05, 3.63) is 143 Å². The lowest BCUT2D eigenvalue weighted by molar-refractivity contribution is 0.296. The molecular weight excluding hydrogens is 859 g/mol. The molecule has 0 radical (unpaired) electrons. The Hall–Kier alpha value is -5.76. The van der Waals surface area contributed by atoms with Crippen LogP contribution in [0.1, 0.15) is 33.6 Å². The van der Waals surface area contributed by atoms with Crippen LogP contribution in [0.3, 0.4) is 0 Å². The number of hydrogen-bond acceptors (Lipinski definition) is 12. The van der Waals surface area contributed by atoms with E-state index in [1.165, 1.54) is 19.4 Å². The van der Waals surface area contributed by atoms with E-state index in [4.69, 9.17) is 18.9 Å². The van der Waals surface area contributed by atoms with Crippen molar-refractivity contribution in [3.63, 3.8) is 0 Å². The minimum Gasteiger partial charge on any atom is -0.497 e. The number of ether oxygens (including phenoxy) is 4. The topological polar surface area (TPSA) is 171 Å². The van der Waals surface area contributed by atoms with Gasteiger partial charge in [0, 0.05) is 77.7 Å². The van der Waals surface area contributed by atoms with Crippen molar-refractivity contribution in [2.24, 2.45) is 14.1 Å². The van der Waals surface area contributed by atoms with Crippen LogP contribution in [0, 0.1) is 0 Å². The maximum atomic E-state index is 13.7. The molecule has 0 amide bonds. The quantitative estimate of drug-likeness (QED) is 0.0991. The molecule has 0 aliphatic rings. The van der Waals surface area contributed by atoms with Crippen molar-refractivity contribution in [2.45, 2.75) is 49.1 Å². The fourth-order valence-corrected chi connectivity index (χ4v) is 9.41. The largest absolute Gasteiger partial charge is 0.497 e. The third-order valence-electron chi connectivity index (χ3n) is 10.4. The highest BCUT2D eigenvalue weighted by atomic mass is 32.2. The number of hydrogen-bond donors (Lipinski definition) is 1. The molecule has 4 aromatic carbocycles. The fourth-order valence-electron chi connectivity index (χ4n) is 6.58. The highest BCUT2D eigenvalue weighted by Gasteiger charge is 2.30. The smallest absolute Gasteiger partial charge is 0.262 e. The minimum atomic E-state index is -3.89. The standard InChI is InChI=1S/C24H32N4O4S.C22H27N3O5S/c1-26(2)15-14-21-16-24(25-27(21)3)33(29,30)28(17-19-6-10-22(31-4)11-7-19)18-20-8-12-23(32-5)13-9-20;1-24-19(12-13-26)14-22(23-24)31(27,28)25(15-17-4-8-20(29-2)9-5-17)16-18-6-10-21(30-3)11-7-18/h6-13,16H,14-15,17-18H2,1-5H3;4-11,14,26H,12-13,15-16H2,1-3H3. The van der Waals surface area contributed by atoms with Gasteiger partial charge in [0.2, 0.25) is 0 Å². The van der Waals surface area contributed by atoms with Crippen molar-refractivity contribution in [1.82, 2.24) is 33.1 Å². The van der Waals surface area contributed by atoms with Crippen LogP contribution in [0.5, 0.6) is 23.0 Å². The Morgan fingerprint density at radius 3 is 1.03 bits per heavy atom. The van der Waals surface area contributed by atoms with E-state index in [0.717, 1.165) is 46.0 Å². The predicted octanol–water partition coefficient (Wildman–Crippen LogP) is 5.30. The van der Waals surface area contributed by atoms with E-state index in [1.807, 2.05) is 86.9 Å². The molecule has 2 heterocycles. The molecule has 0 bridgehead atoms. The van der Waals surface area contributed by atoms with E-state index < -0.39 is 20.0 Å². The first-order chi connectivity index (χ1) is 30.6. The van der Waals surface area contributed by atoms with E-state index in [-0.39, 0.29) is 42.8 Å². The average molecular weight is 918 g/mol. The van der Waals surface area contributed by atoms with E-state index in [0.29, 0.717) is 30.0 Å². The maximum Gasteiger partial charge on any atom is 0.262 e. The van der Waals surface area contributed by atoms with Crippen LogP contribution >= 0.6 is 0 Å². The van der Waals surface area contributed by atoms with Gasteiger partial charge in [-0.05, 0) is 97.0 Å². The number of nitrogens with zero attached hydrogens (tertiary/aromatic N) is 7. The van der Waals surface area contributed by atoms with E-state index in [9.17, 15) is 21.9 Å². The summed E-state index contributed by atoms with van der Waals surface area (Å²) in [6.07, 6.45) is 1.04. The number of aryl methyl sites for hydroxylation is 2. The Bertz CT molecular complexity index is 2500. The zero-order valence-electron chi connectivity index (χ0n) is 37.7. The molecule has 16 nitrogen and oxygen atoms in total. The van der Waals surface area contributed by atoms with E-state index in [2.05, 4.69) is 15.1 Å². The summed E-state index contributed by atoms with van der Waals surface area (Å²) in [4.78, 5) is 2.06. The number of sulfonamides is 2. The molecule has 0 saturated carbocycles. The zero-order valence-corrected chi connectivity index (χ0v) is 39.3. The van der Waals surface area contributed by atoms with Crippen LogP contribution in [0.2, 0.25) is 0 Å². The van der Waals surface area contributed by atoms with Crippen molar-refractivity contribution < 1.29 is 40.9 Å². The summed E-state index contributed by atoms with van der Waals surface area (Å²) in [5, 5.41) is 17.8. The van der Waals surface area contributed by atoms with Gasteiger partial charge in [0.05, 0.1) is 28.4 Å². The van der Waals surface area contributed by atoms with Crippen LogP contribution < -0.4 is 18.9 Å². The first-order valence-electron chi connectivity index (χ1n) is 20.4. The Morgan fingerprint density at radius 1 is 0.500 bits per heavy atom. The van der Waals surface area contributed by atoms with Crippen molar-refractivity contribution >= 4 is 20.0 Å². The lowest BCUT2D eigenvalue weighted by Crippen LogP contribution is -2.30. The maximum absolute atomic E-state index is 13.7. The summed E-state index contributed by atoms with van der Waals surface area (Å²) in [7, 11) is 6.05. The molecule has 64 heavy (non-hydrogen) atoms. The Balaban J connectivity index is 0.000000241. The van der Waals surface area contributed by atoms with Crippen molar-refractivity contribution in [2.75, 3.05) is 55.7 Å². The van der Waals surface area contributed by atoms with Gasteiger partial charge >= 0.3 is 0 Å². The van der Waals surface area contributed by atoms with Crippen LogP contribution in [0.4, 0.5) is 0 Å². The third-order valence-corrected chi connectivity index (χ3v) is 13.7. The van der Waals surface area contributed by atoms with Gasteiger partial charge in [-0.2, -0.15) is 18.8 Å². The van der Waals surface area contributed by atoms with Gasteiger partial charge in [0.15, 0.2) is 10.1 Å². The first kappa shape index (κ1) is 49.3. The third kappa shape index (κ3) is 13.1. The molecule has 0 aliphatic heterocycles. The molecule has 0 saturated heterocycles. The number of aromatic nitrogens is 4. The highest BCUT2D eigenvalue weighted by Crippen LogP contribution is 2.26. The lowest BCUT2D eigenvalue weighted by Gasteiger charge is -2.21. The minimum absolute atomic E-state index is 0.0412. The number of likely N-dealkylation sites (N-methyl/N-ethyl adjacent to an activating group) is 1. The van der Waals surface area contributed by atoms with Gasteiger partial charge in [0.25, 0.3) is 20.0 Å². The molecule has 344 valence electrons. The molecule has 18 heteroatoms. The average Bonchev–Trinajstić information content (AvgIpc) is 3.88. The summed E-state index contributed by atoms with van der Waals surface area (Å²) >= 11 is 0. The summed E-state index contributed by atoms with van der Waals surface area (Å²) in [6, 6.07) is 32.5. The number of rotatable bonds is 21. The molecule has 6 aromatic rings. The zero-order chi connectivity index (χ0) is 46.4. The Morgan fingerprint density at radius 2 is 0.781 bits per heavy atom. The lowest BCUT2D eigenvalue weighted by atomic mass is 10.2. The normalized spacial score (nSPS) is 11.8. The van der Waals surface area contributed by atoms with Crippen LogP contribution in [0.15, 0.2) is 119 Å². The molecule has 6 rings (SSSR count). The van der Waals surface area contributed by atoms with Gasteiger partial charge in [-0.15, -0.1) is 0 Å². The van der Waals surface area contributed by atoms with Gasteiger partial charge in [-0.3, -0.25) is 9.36 Å². The molecule has 0 atom stereocenters. The van der Waals surface area contributed by atoms with Crippen LogP contribution in [-0.4, -0.2) is 111 Å². The molecule has 0 fully saturated rings. The SMILES string of the molecule is COc1ccc(CN(Cc2ccc(OC)cc2)S(=O)(=O)c2cc(CCN(C)C)n(C)n2)cc1.COc1ccc(CN(Cc2ccc(OC)cc2)S(=O)(=O)c2cc(CCO)n(C)n2)cc1. The second-order valence-corrected chi connectivity index (χ2v) is 18.9. The number of methoxy groups -OCH3 is 4. The van der Waals surface area contributed by atoms with E-state index >= 15 is 0 Å². The summed E-state index contributed by atoms with van der Waals surface area (Å²) in [6.45, 7) is 1.49. The number of aliphatic hydroxyl groups is 1. The van der Waals surface area contributed by atoms with Gasteiger partial charge in [0.1, 0.15) is 23.0 Å². The Labute approximate surface area is 377 Å². The molecule has 1 N–H and O–H groups in total. The van der Waals surface area contributed by atoms with Crippen LogP contribution in [-0.2, 0) is 73.2 Å². The monoisotopic (exact) mass is 917 g/mol. The van der Waals surface area contributed by atoms with Crippen LogP contribution in [0.25, 0.3) is 0 Å². The number of aliphatic hydroxyl groups excluding tert-OH is 1.